The van der Waals surface area contributed by atoms with Gasteiger partial charge in [-0.15, -0.1) is 11.3 Å². The normalized spacial score (nSPS) is 13.4. The molecule has 4 rings (SSSR count). The summed E-state index contributed by atoms with van der Waals surface area (Å²) in [6.45, 7) is 0.720. The first-order chi connectivity index (χ1) is 11.8. The predicted molar refractivity (Wildman–Crippen MR) is 93.9 cm³/mol. The van der Waals surface area contributed by atoms with Gasteiger partial charge in [-0.3, -0.25) is 4.79 Å². The zero-order chi connectivity index (χ0) is 16.4. The van der Waals surface area contributed by atoms with Crippen LogP contribution >= 0.6 is 11.3 Å². The van der Waals surface area contributed by atoms with Crippen molar-refractivity contribution >= 4 is 34.0 Å². The maximum absolute atomic E-state index is 12.8. The Hall–Kier alpha value is -2.80. The summed E-state index contributed by atoms with van der Waals surface area (Å²) < 4.78 is 0. The van der Waals surface area contributed by atoms with Gasteiger partial charge in [0.2, 0.25) is 5.95 Å². The van der Waals surface area contributed by atoms with E-state index in [4.69, 9.17) is 0 Å². The molecule has 24 heavy (non-hydrogen) atoms. The van der Waals surface area contributed by atoms with Gasteiger partial charge in [-0.25, -0.2) is 15.0 Å². The van der Waals surface area contributed by atoms with E-state index < -0.39 is 0 Å². The number of carbonyl (C=O) groups is 1. The lowest BCUT2D eigenvalue weighted by molar-refractivity contribution is 0.0981. The minimum Gasteiger partial charge on any atom is -0.307 e. The van der Waals surface area contributed by atoms with Crippen LogP contribution in [0.4, 0.5) is 16.8 Å². The molecule has 3 heterocycles. The van der Waals surface area contributed by atoms with Crippen molar-refractivity contribution < 1.29 is 4.79 Å². The summed E-state index contributed by atoms with van der Waals surface area (Å²) in [5.74, 6) is 0.398. The van der Waals surface area contributed by atoms with Gasteiger partial charge in [0.05, 0.1) is 0 Å². The lowest BCUT2D eigenvalue weighted by atomic mass is 10.0. The van der Waals surface area contributed by atoms with Gasteiger partial charge in [0.15, 0.2) is 5.13 Å². The molecule has 0 bridgehead atoms. The molecular weight excluding hydrogens is 322 g/mol. The van der Waals surface area contributed by atoms with E-state index in [-0.39, 0.29) is 5.91 Å². The van der Waals surface area contributed by atoms with E-state index in [1.165, 1.54) is 16.9 Å². The highest BCUT2D eigenvalue weighted by molar-refractivity contribution is 7.14. The quantitative estimate of drug-likeness (QED) is 0.794. The van der Waals surface area contributed by atoms with Crippen molar-refractivity contribution in [3.63, 3.8) is 0 Å². The van der Waals surface area contributed by atoms with Crippen LogP contribution in [0.3, 0.4) is 0 Å². The van der Waals surface area contributed by atoms with Crippen molar-refractivity contribution in [3.8, 4) is 0 Å². The monoisotopic (exact) mass is 337 g/mol. The van der Waals surface area contributed by atoms with Crippen molar-refractivity contribution in [2.24, 2.45) is 0 Å². The summed E-state index contributed by atoms with van der Waals surface area (Å²) in [6.07, 6.45) is 5.28. The Kier molecular flexibility index (Phi) is 3.92. The molecule has 0 radical (unpaired) electrons. The van der Waals surface area contributed by atoms with Gasteiger partial charge >= 0.3 is 0 Å². The molecule has 0 aliphatic carbocycles. The molecule has 0 saturated heterocycles. The number of anilines is 3. The van der Waals surface area contributed by atoms with Crippen LogP contribution in [0.5, 0.6) is 0 Å². The molecule has 7 heteroatoms. The molecule has 1 N–H and O–H groups in total. The van der Waals surface area contributed by atoms with Crippen LogP contribution in [0.1, 0.15) is 22.5 Å². The highest BCUT2D eigenvalue weighted by Gasteiger charge is 2.25. The average molecular weight is 337 g/mol. The van der Waals surface area contributed by atoms with E-state index in [9.17, 15) is 4.79 Å². The topological polar surface area (TPSA) is 71.0 Å². The zero-order valence-electron chi connectivity index (χ0n) is 12.8. The van der Waals surface area contributed by atoms with Crippen LogP contribution in [0.2, 0.25) is 0 Å². The molecule has 3 aromatic rings. The van der Waals surface area contributed by atoms with Gasteiger partial charge in [0, 0.05) is 30.0 Å². The maximum Gasteiger partial charge on any atom is 0.277 e. The second kappa shape index (κ2) is 6.37. The zero-order valence-corrected chi connectivity index (χ0v) is 13.7. The highest BCUT2D eigenvalue weighted by atomic mass is 32.1. The van der Waals surface area contributed by atoms with E-state index >= 15 is 0 Å². The van der Waals surface area contributed by atoms with Crippen LogP contribution in [-0.2, 0) is 6.42 Å². The number of nitrogens with zero attached hydrogens (tertiary/aromatic N) is 4. The summed E-state index contributed by atoms with van der Waals surface area (Å²) in [5.41, 5.74) is 2.64. The number of carbonyl (C=O) groups excluding carboxylic acids is 1. The number of para-hydroxylation sites is 1. The van der Waals surface area contributed by atoms with Gasteiger partial charge in [0.1, 0.15) is 5.69 Å². The number of nitrogens with one attached hydrogen (secondary N) is 1. The Morgan fingerprint density at radius 3 is 2.88 bits per heavy atom. The largest absolute Gasteiger partial charge is 0.307 e. The third-order valence-corrected chi connectivity index (χ3v) is 4.62. The molecule has 0 saturated carbocycles. The molecule has 120 valence electrons. The molecule has 0 spiro atoms. The van der Waals surface area contributed by atoms with E-state index in [0.29, 0.717) is 16.8 Å². The number of benzene rings is 1. The molecule has 1 aliphatic heterocycles. The first kappa shape index (κ1) is 14.8. The summed E-state index contributed by atoms with van der Waals surface area (Å²) in [7, 11) is 0. The SMILES string of the molecule is O=C(c1csc(Nc2ncccn2)n1)N1CCCc2ccccc21. The van der Waals surface area contributed by atoms with Crippen LogP contribution in [0.15, 0.2) is 48.1 Å². The molecule has 1 aliphatic rings. The fraction of sp³-hybridized carbons (Fsp3) is 0.176. The Labute approximate surface area is 143 Å². The number of hydrogen-bond donors (Lipinski definition) is 1. The van der Waals surface area contributed by atoms with Gasteiger partial charge in [-0.1, -0.05) is 18.2 Å². The molecular formula is C17H15N5OS. The van der Waals surface area contributed by atoms with Gasteiger partial charge in [-0.05, 0) is 30.5 Å². The van der Waals surface area contributed by atoms with Crippen LogP contribution in [0, 0.1) is 0 Å². The van der Waals surface area contributed by atoms with Crippen LogP contribution in [0.25, 0.3) is 0 Å². The fourth-order valence-corrected chi connectivity index (χ4v) is 3.45. The van der Waals surface area contributed by atoms with E-state index in [1.54, 1.807) is 23.8 Å². The second-order valence-corrected chi connectivity index (χ2v) is 6.28. The summed E-state index contributed by atoms with van der Waals surface area (Å²) >= 11 is 1.37. The lowest BCUT2D eigenvalue weighted by Crippen LogP contribution is -2.35. The second-order valence-electron chi connectivity index (χ2n) is 5.42. The minimum absolute atomic E-state index is 0.0690. The molecule has 0 unspecified atom stereocenters. The number of amides is 1. The van der Waals surface area contributed by atoms with Crippen molar-refractivity contribution in [1.29, 1.82) is 0 Å². The van der Waals surface area contributed by atoms with Crippen molar-refractivity contribution in [2.45, 2.75) is 12.8 Å². The summed E-state index contributed by atoms with van der Waals surface area (Å²) in [6, 6.07) is 9.80. The molecule has 6 nitrogen and oxygen atoms in total. The summed E-state index contributed by atoms with van der Waals surface area (Å²) in [5, 5.41) is 5.39. The van der Waals surface area contributed by atoms with Crippen molar-refractivity contribution in [3.05, 3.63) is 59.4 Å². The molecule has 1 amide bonds. The van der Waals surface area contributed by atoms with E-state index in [2.05, 4.69) is 26.3 Å². The standard InChI is InChI=1S/C17H15N5OS/c23-15(22-10-3-6-12-5-1-2-7-14(12)22)13-11-24-17(20-13)21-16-18-8-4-9-19-16/h1-2,4-5,7-9,11H,3,6,10H2,(H,18,19,20,21). The van der Waals surface area contributed by atoms with Crippen molar-refractivity contribution in [2.75, 3.05) is 16.8 Å². The third kappa shape index (κ3) is 2.85. The Balaban J connectivity index is 1.56. The van der Waals surface area contributed by atoms with Gasteiger partial charge < -0.3 is 10.2 Å². The first-order valence-electron chi connectivity index (χ1n) is 7.70. The fourth-order valence-electron chi connectivity index (χ4n) is 2.77. The van der Waals surface area contributed by atoms with Crippen LogP contribution < -0.4 is 10.2 Å². The lowest BCUT2D eigenvalue weighted by Gasteiger charge is -2.28. The molecule has 1 aromatic carbocycles. The number of hydrogen-bond acceptors (Lipinski definition) is 6. The number of thiazole rings is 1. The molecule has 0 atom stereocenters. The Morgan fingerprint density at radius 1 is 1.17 bits per heavy atom. The highest BCUT2D eigenvalue weighted by Crippen LogP contribution is 2.29. The van der Waals surface area contributed by atoms with Crippen LogP contribution in [-0.4, -0.2) is 27.4 Å². The number of fused-ring (bicyclic) bond motifs is 1. The molecule has 2 aromatic heterocycles. The molecule has 0 fully saturated rings. The number of aryl methyl sites for hydroxylation is 1. The average Bonchev–Trinajstić information content (AvgIpc) is 3.10. The Morgan fingerprint density at radius 2 is 2.00 bits per heavy atom. The minimum atomic E-state index is -0.0690. The smallest absolute Gasteiger partial charge is 0.277 e. The number of aromatic nitrogens is 3. The van der Waals surface area contributed by atoms with Crippen molar-refractivity contribution in [1.82, 2.24) is 15.0 Å². The van der Waals surface area contributed by atoms with E-state index in [1.807, 2.05) is 23.1 Å². The Bertz CT molecular complexity index is 864. The number of rotatable bonds is 3. The first-order valence-corrected chi connectivity index (χ1v) is 8.58. The van der Waals surface area contributed by atoms with Gasteiger partial charge in [0.25, 0.3) is 5.91 Å². The van der Waals surface area contributed by atoms with E-state index in [0.717, 1.165) is 25.1 Å². The third-order valence-electron chi connectivity index (χ3n) is 3.86. The predicted octanol–water partition coefficient (Wildman–Crippen LogP) is 3.27. The maximum atomic E-state index is 12.8. The summed E-state index contributed by atoms with van der Waals surface area (Å²) in [4.78, 5) is 27.2. The van der Waals surface area contributed by atoms with Gasteiger partial charge in [-0.2, -0.15) is 0 Å².